The zero-order chi connectivity index (χ0) is 12.6. The number of nitrogens with one attached hydrogen (secondary N) is 1. The quantitative estimate of drug-likeness (QED) is 0.692. The predicted octanol–water partition coefficient (Wildman–Crippen LogP) is 4.14. The van der Waals surface area contributed by atoms with Crippen molar-refractivity contribution in [1.29, 1.82) is 0 Å². The fourth-order valence-corrected chi connectivity index (χ4v) is 2.30. The van der Waals surface area contributed by atoms with Crippen molar-refractivity contribution in [2.24, 2.45) is 0 Å². The summed E-state index contributed by atoms with van der Waals surface area (Å²) >= 11 is 3.44. The summed E-state index contributed by atoms with van der Waals surface area (Å²) in [7, 11) is 0. The summed E-state index contributed by atoms with van der Waals surface area (Å²) in [6, 6.07) is 8.89. The Balaban J connectivity index is 1.43. The molecular weight excluding hydrogens is 290 g/mol. The zero-order valence-corrected chi connectivity index (χ0v) is 12.4. The molecule has 100 valence electrons. The highest BCUT2D eigenvalue weighted by molar-refractivity contribution is 9.10. The minimum absolute atomic E-state index is 0.826. The van der Waals surface area contributed by atoms with Gasteiger partial charge in [-0.05, 0) is 50.4 Å². The summed E-state index contributed by atoms with van der Waals surface area (Å²) in [6.07, 6.45) is 7.80. The molecule has 0 spiro atoms. The first-order valence-corrected chi connectivity index (χ1v) is 7.75. The van der Waals surface area contributed by atoms with Crippen molar-refractivity contribution >= 4 is 15.9 Å². The lowest BCUT2D eigenvalue weighted by atomic mass is 10.2. The first-order valence-electron chi connectivity index (χ1n) is 6.96. The van der Waals surface area contributed by atoms with E-state index >= 15 is 0 Å². The van der Waals surface area contributed by atoms with Crippen LogP contribution in [0.15, 0.2) is 28.7 Å². The van der Waals surface area contributed by atoms with Gasteiger partial charge in [-0.3, -0.25) is 0 Å². The number of unbranched alkanes of at least 4 members (excludes halogenated alkanes) is 3. The van der Waals surface area contributed by atoms with Gasteiger partial charge in [0.1, 0.15) is 5.75 Å². The van der Waals surface area contributed by atoms with E-state index in [2.05, 4.69) is 21.2 Å². The molecule has 18 heavy (non-hydrogen) atoms. The van der Waals surface area contributed by atoms with Crippen molar-refractivity contribution in [2.75, 3.05) is 13.2 Å². The van der Waals surface area contributed by atoms with Crippen molar-refractivity contribution in [2.45, 2.75) is 44.6 Å². The van der Waals surface area contributed by atoms with Gasteiger partial charge >= 0.3 is 0 Å². The van der Waals surface area contributed by atoms with Crippen molar-refractivity contribution in [3.63, 3.8) is 0 Å². The lowest BCUT2D eigenvalue weighted by molar-refractivity contribution is 0.304. The maximum Gasteiger partial charge on any atom is 0.120 e. The van der Waals surface area contributed by atoms with Gasteiger partial charge in [0.05, 0.1) is 6.61 Å². The third kappa shape index (κ3) is 5.87. The Morgan fingerprint density at radius 1 is 1.17 bits per heavy atom. The third-order valence-corrected chi connectivity index (χ3v) is 3.64. The average Bonchev–Trinajstić information content (AvgIpc) is 3.17. The molecule has 1 aromatic carbocycles. The normalized spacial score (nSPS) is 14.7. The summed E-state index contributed by atoms with van der Waals surface area (Å²) in [6.45, 7) is 2.02. The van der Waals surface area contributed by atoms with Gasteiger partial charge in [0.15, 0.2) is 0 Å². The SMILES string of the molecule is Brc1cccc(OCCCCCCNC2CC2)c1. The van der Waals surface area contributed by atoms with Crippen LogP contribution in [-0.2, 0) is 0 Å². The van der Waals surface area contributed by atoms with Gasteiger partial charge in [-0.15, -0.1) is 0 Å². The fraction of sp³-hybridized carbons (Fsp3) is 0.600. The first-order chi connectivity index (χ1) is 8.84. The molecule has 0 saturated heterocycles. The molecule has 0 atom stereocenters. The number of benzene rings is 1. The van der Waals surface area contributed by atoms with Crippen molar-refractivity contribution in [3.8, 4) is 5.75 Å². The molecule has 0 aromatic heterocycles. The van der Waals surface area contributed by atoms with Gasteiger partial charge in [0.25, 0.3) is 0 Å². The molecule has 1 aromatic rings. The third-order valence-electron chi connectivity index (χ3n) is 3.15. The van der Waals surface area contributed by atoms with Gasteiger partial charge in [0.2, 0.25) is 0 Å². The van der Waals surface area contributed by atoms with Crippen LogP contribution in [0.4, 0.5) is 0 Å². The van der Waals surface area contributed by atoms with E-state index in [1.54, 1.807) is 0 Å². The number of ether oxygens (including phenoxy) is 1. The Hall–Kier alpha value is -0.540. The highest BCUT2D eigenvalue weighted by Crippen LogP contribution is 2.19. The topological polar surface area (TPSA) is 21.3 Å². The molecule has 1 saturated carbocycles. The van der Waals surface area contributed by atoms with Gasteiger partial charge in [0, 0.05) is 10.5 Å². The monoisotopic (exact) mass is 311 g/mol. The Kier molecular flexibility index (Phi) is 6.01. The number of hydrogen-bond acceptors (Lipinski definition) is 2. The van der Waals surface area contributed by atoms with Crippen LogP contribution in [0.3, 0.4) is 0 Å². The van der Waals surface area contributed by atoms with Crippen molar-refractivity contribution in [3.05, 3.63) is 28.7 Å². The smallest absolute Gasteiger partial charge is 0.120 e. The Morgan fingerprint density at radius 3 is 2.78 bits per heavy atom. The van der Waals surface area contributed by atoms with Gasteiger partial charge in [-0.2, -0.15) is 0 Å². The number of rotatable bonds is 9. The highest BCUT2D eigenvalue weighted by atomic mass is 79.9. The highest BCUT2D eigenvalue weighted by Gasteiger charge is 2.19. The summed E-state index contributed by atoms with van der Waals surface area (Å²) in [5, 5.41) is 3.54. The van der Waals surface area contributed by atoms with Crippen LogP contribution in [0.2, 0.25) is 0 Å². The van der Waals surface area contributed by atoms with E-state index in [0.717, 1.165) is 29.3 Å². The molecule has 0 amide bonds. The summed E-state index contributed by atoms with van der Waals surface area (Å²) in [5.41, 5.74) is 0. The van der Waals surface area contributed by atoms with Crippen LogP contribution in [0.5, 0.6) is 5.75 Å². The van der Waals surface area contributed by atoms with E-state index in [0.29, 0.717) is 0 Å². The number of hydrogen-bond donors (Lipinski definition) is 1. The van der Waals surface area contributed by atoms with E-state index in [1.165, 1.54) is 38.6 Å². The molecule has 1 N–H and O–H groups in total. The molecule has 0 bridgehead atoms. The fourth-order valence-electron chi connectivity index (χ4n) is 1.92. The maximum absolute atomic E-state index is 5.70. The van der Waals surface area contributed by atoms with Crippen molar-refractivity contribution < 1.29 is 4.74 Å². The van der Waals surface area contributed by atoms with Gasteiger partial charge in [-0.25, -0.2) is 0 Å². The van der Waals surface area contributed by atoms with E-state index < -0.39 is 0 Å². The van der Waals surface area contributed by atoms with E-state index in [4.69, 9.17) is 4.74 Å². The van der Waals surface area contributed by atoms with Crippen molar-refractivity contribution in [1.82, 2.24) is 5.32 Å². The summed E-state index contributed by atoms with van der Waals surface area (Å²) in [4.78, 5) is 0. The molecule has 1 fully saturated rings. The largest absolute Gasteiger partial charge is 0.494 e. The molecule has 3 heteroatoms. The van der Waals surface area contributed by atoms with Gasteiger partial charge in [-0.1, -0.05) is 34.8 Å². The van der Waals surface area contributed by atoms with Crippen LogP contribution < -0.4 is 10.1 Å². The molecule has 2 rings (SSSR count). The van der Waals surface area contributed by atoms with Gasteiger partial charge < -0.3 is 10.1 Å². The standard InChI is InChI=1S/C15H22BrNO/c16-13-6-5-7-15(12-13)18-11-4-2-1-3-10-17-14-8-9-14/h5-7,12,14,17H,1-4,8-11H2. The summed E-state index contributed by atoms with van der Waals surface area (Å²) in [5.74, 6) is 0.958. The van der Waals surface area contributed by atoms with Crippen LogP contribution in [0, 0.1) is 0 Å². The Labute approximate surface area is 118 Å². The van der Waals surface area contributed by atoms with Crippen LogP contribution in [0.25, 0.3) is 0 Å². The van der Waals surface area contributed by atoms with E-state index in [-0.39, 0.29) is 0 Å². The van der Waals surface area contributed by atoms with Crippen LogP contribution in [0.1, 0.15) is 38.5 Å². The molecule has 0 radical (unpaired) electrons. The zero-order valence-electron chi connectivity index (χ0n) is 10.8. The predicted molar refractivity (Wildman–Crippen MR) is 79.1 cm³/mol. The van der Waals surface area contributed by atoms with Crippen LogP contribution in [-0.4, -0.2) is 19.2 Å². The lowest BCUT2D eigenvalue weighted by Gasteiger charge is -2.06. The lowest BCUT2D eigenvalue weighted by Crippen LogP contribution is -2.17. The summed E-state index contributed by atoms with van der Waals surface area (Å²) < 4.78 is 6.77. The molecule has 0 aliphatic heterocycles. The van der Waals surface area contributed by atoms with E-state index in [1.807, 2.05) is 24.3 Å². The second-order valence-corrected chi connectivity index (χ2v) is 5.86. The molecule has 2 nitrogen and oxygen atoms in total. The molecule has 0 heterocycles. The molecule has 1 aliphatic rings. The Bertz CT molecular complexity index is 352. The molecule has 0 unspecified atom stereocenters. The minimum atomic E-state index is 0.826. The first kappa shape index (κ1) is 13.9. The second-order valence-electron chi connectivity index (χ2n) is 4.95. The minimum Gasteiger partial charge on any atom is -0.494 e. The number of halogens is 1. The van der Waals surface area contributed by atoms with Crippen LogP contribution >= 0.6 is 15.9 Å². The Morgan fingerprint density at radius 2 is 2.00 bits per heavy atom. The molecular formula is C15H22BrNO. The molecule has 1 aliphatic carbocycles. The maximum atomic E-state index is 5.70. The van der Waals surface area contributed by atoms with E-state index in [9.17, 15) is 0 Å². The average molecular weight is 312 g/mol. The second kappa shape index (κ2) is 7.80.